The first kappa shape index (κ1) is 18.3. The molecule has 0 fully saturated rings. The number of carbonyl (C=O) groups is 1. The number of aromatic nitrogens is 1. The van der Waals surface area contributed by atoms with Gasteiger partial charge in [-0.1, -0.05) is 18.2 Å². The van der Waals surface area contributed by atoms with E-state index in [1.54, 1.807) is 0 Å². The van der Waals surface area contributed by atoms with Crippen LogP contribution in [0.5, 0.6) is 11.5 Å². The lowest BCUT2D eigenvalue weighted by Gasteiger charge is -2.16. The average molecular weight is 376 g/mol. The Morgan fingerprint density at radius 1 is 1.07 bits per heavy atom. The zero-order chi connectivity index (χ0) is 19.5. The smallest absolute Gasteiger partial charge is 0.256 e. The van der Waals surface area contributed by atoms with Gasteiger partial charge in [0.1, 0.15) is 11.5 Å². The molecule has 1 heterocycles. The summed E-state index contributed by atoms with van der Waals surface area (Å²) in [6.45, 7) is 4.93. The van der Waals surface area contributed by atoms with Crippen LogP contribution in [-0.4, -0.2) is 24.1 Å². The highest BCUT2D eigenvalue weighted by Crippen LogP contribution is 2.33. The fourth-order valence-electron chi connectivity index (χ4n) is 3.80. The molecule has 144 valence electrons. The number of para-hydroxylation sites is 1. The Kier molecular flexibility index (Phi) is 5.15. The number of carbonyl (C=O) groups excluding carboxylic acids is 1. The van der Waals surface area contributed by atoms with Crippen LogP contribution in [0.3, 0.4) is 0 Å². The molecule has 1 aliphatic rings. The second-order valence-electron chi connectivity index (χ2n) is 6.76. The molecule has 28 heavy (non-hydrogen) atoms. The van der Waals surface area contributed by atoms with Gasteiger partial charge in [0.15, 0.2) is 0 Å². The average Bonchev–Trinajstić information content (AvgIpc) is 3.16. The number of rotatable bonds is 6. The van der Waals surface area contributed by atoms with Crippen molar-refractivity contribution in [1.82, 2.24) is 4.98 Å². The van der Waals surface area contributed by atoms with E-state index in [1.165, 1.54) is 0 Å². The van der Waals surface area contributed by atoms with Crippen LogP contribution in [0.2, 0.25) is 0 Å². The van der Waals surface area contributed by atoms with Crippen LogP contribution in [-0.2, 0) is 12.8 Å². The Hall–Kier alpha value is -3.08. The maximum absolute atomic E-state index is 13.4. The van der Waals surface area contributed by atoms with Gasteiger partial charge in [0.05, 0.1) is 30.0 Å². The molecule has 4 rings (SSSR count). The van der Waals surface area contributed by atoms with Gasteiger partial charge in [-0.2, -0.15) is 0 Å². The van der Waals surface area contributed by atoms with E-state index in [2.05, 4.69) is 5.32 Å². The number of nitrogens with zero attached hydrogens (tertiary/aromatic N) is 1. The summed E-state index contributed by atoms with van der Waals surface area (Å²) in [7, 11) is 0. The van der Waals surface area contributed by atoms with Crippen LogP contribution >= 0.6 is 0 Å². The lowest BCUT2D eigenvalue weighted by Crippen LogP contribution is -2.16. The molecule has 5 nitrogen and oxygen atoms in total. The van der Waals surface area contributed by atoms with Gasteiger partial charge in [-0.25, -0.2) is 0 Å². The molecule has 0 saturated carbocycles. The van der Waals surface area contributed by atoms with Crippen molar-refractivity contribution < 1.29 is 14.3 Å². The normalized spacial score (nSPS) is 12.6. The first-order chi connectivity index (χ1) is 13.7. The highest BCUT2D eigenvalue weighted by molar-refractivity contribution is 6.14. The predicted octanol–water partition coefficient (Wildman–Crippen LogP) is 4.77. The highest BCUT2D eigenvalue weighted by atomic mass is 16.5. The molecule has 2 aromatic carbocycles. The predicted molar refractivity (Wildman–Crippen MR) is 111 cm³/mol. The van der Waals surface area contributed by atoms with Crippen molar-refractivity contribution in [2.45, 2.75) is 33.1 Å². The number of aryl methyl sites for hydroxylation is 1. The quantitative estimate of drug-likeness (QED) is 0.673. The number of fused-ring (bicyclic) bond motifs is 2. The summed E-state index contributed by atoms with van der Waals surface area (Å²) in [5.74, 6) is 1.20. The van der Waals surface area contributed by atoms with E-state index < -0.39 is 0 Å². The molecule has 0 bridgehead atoms. The van der Waals surface area contributed by atoms with Gasteiger partial charge in [0.25, 0.3) is 5.91 Å². The number of amides is 1. The fraction of sp³-hybridized carbons (Fsp3) is 0.304. The van der Waals surface area contributed by atoms with Crippen molar-refractivity contribution >= 4 is 22.5 Å². The van der Waals surface area contributed by atoms with Crippen LogP contribution in [0.25, 0.3) is 10.9 Å². The second-order valence-corrected chi connectivity index (χ2v) is 6.76. The van der Waals surface area contributed by atoms with Gasteiger partial charge in [-0.05, 0) is 56.9 Å². The molecule has 3 aromatic rings. The van der Waals surface area contributed by atoms with E-state index in [4.69, 9.17) is 14.5 Å². The minimum atomic E-state index is -0.133. The monoisotopic (exact) mass is 376 g/mol. The Bertz CT molecular complexity index is 1030. The van der Waals surface area contributed by atoms with Crippen molar-refractivity contribution in [3.8, 4) is 11.5 Å². The molecule has 0 radical (unpaired) electrons. The van der Waals surface area contributed by atoms with Crippen molar-refractivity contribution in [1.29, 1.82) is 0 Å². The summed E-state index contributed by atoms with van der Waals surface area (Å²) in [5, 5.41) is 3.95. The van der Waals surface area contributed by atoms with Gasteiger partial charge < -0.3 is 14.8 Å². The molecule has 0 aliphatic heterocycles. The SMILES string of the molecule is CCOc1ccc(OCC)c(NC(=O)c2c3c(nc4ccccc24)CCC3)c1. The zero-order valence-electron chi connectivity index (χ0n) is 16.2. The molecular weight excluding hydrogens is 352 g/mol. The number of hydrogen-bond acceptors (Lipinski definition) is 4. The number of nitrogens with one attached hydrogen (secondary N) is 1. The molecule has 1 amide bonds. The molecule has 0 atom stereocenters. The van der Waals surface area contributed by atoms with E-state index in [-0.39, 0.29) is 5.91 Å². The van der Waals surface area contributed by atoms with Crippen LogP contribution in [0.4, 0.5) is 5.69 Å². The maximum Gasteiger partial charge on any atom is 0.256 e. The van der Waals surface area contributed by atoms with Crippen LogP contribution in [0, 0.1) is 0 Å². The number of benzene rings is 2. The largest absolute Gasteiger partial charge is 0.494 e. The third-order valence-corrected chi connectivity index (χ3v) is 4.96. The van der Waals surface area contributed by atoms with E-state index in [1.807, 2.05) is 56.3 Å². The molecule has 5 heteroatoms. The first-order valence-corrected chi connectivity index (χ1v) is 9.82. The molecule has 1 aromatic heterocycles. The van der Waals surface area contributed by atoms with Crippen molar-refractivity contribution in [2.75, 3.05) is 18.5 Å². The van der Waals surface area contributed by atoms with E-state index in [0.29, 0.717) is 30.4 Å². The Morgan fingerprint density at radius 2 is 1.89 bits per heavy atom. The van der Waals surface area contributed by atoms with Gasteiger partial charge in [-0.3, -0.25) is 9.78 Å². The topological polar surface area (TPSA) is 60.5 Å². The van der Waals surface area contributed by atoms with Crippen molar-refractivity contribution in [3.63, 3.8) is 0 Å². The molecular formula is C23H24N2O3. The van der Waals surface area contributed by atoms with Crippen molar-refractivity contribution in [3.05, 3.63) is 59.3 Å². The van der Waals surface area contributed by atoms with Crippen LogP contribution in [0.15, 0.2) is 42.5 Å². The number of hydrogen-bond donors (Lipinski definition) is 1. The Balaban J connectivity index is 1.76. The van der Waals surface area contributed by atoms with E-state index in [9.17, 15) is 4.79 Å². The van der Waals surface area contributed by atoms with Gasteiger partial charge in [0, 0.05) is 17.1 Å². The van der Waals surface area contributed by atoms with Gasteiger partial charge in [-0.15, -0.1) is 0 Å². The maximum atomic E-state index is 13.4. The molecule has 1 N–H and O–H groups in total. The molecule has 0 unspecified atom stereocenters. The summed E-state index contributed by atoms with van der Waals surface area (Å²) >= 11 is 0. The number of ether oxygens (including phenoxy) is 2. The lowest BCUT2D eigenvalue weighted by molar-refractivity contribution is 0.102. The second kappa shape index (κ2) is 7.89. The summed E-state index contributed by atoms with van der Waals surface area (Å²) in [6, 6.07) is 13.3. The Morgan fingerprint density at radius 3 is 2.71 bits per heavy atom. The van der Waals surface area contributed by atoms with E-state index >= 15 is 0 Å². The molecule has 1 aliphatic carbocycles. The zero-order valence-corrected chi connectivity index (χ0v) is 16.2. The van der Waals surface area contributed by atoms with Gasteiger partial charge >= 0.3 is 0 Å². The fourth-order valence-corrected chi connectivity index (χ4v) is 3.80. The standard InChI is InChI=1S/C23H24N2O3/c1-3-27-15-12-13-21(28-4-2)20(14-15)25-23(26)22-16-8-5-6-10-18(16)24-19-11-7-9-17(19)22/h5-6,8,10,12-14H,3-4,7,9,11H2,1-2H3,(H,25,26). The third kappa shape index (κ3) is 3.40. The lowest BCUT2D eigenvalue weighted by atomic mass is 10.0. The number of pyridine rings is 1. The van der Waals surface area contributed by atoms with Crippen LogP contribution < -0.4 is 14.8 Å². The summed E-state index contributed by atoms with van der Waals surface area (Å²) in [4.78, 5) is 18.1. The minimum Gasteiger partial charge on any atom is -0.494 e. The van der Waals surface area contributed by atoms with Crippen molar-refractivity contribution in [2.24, 2.45) is 0 Å². The van der Waals surface area contributed by atoms with Crippen LogP contribution in [0.1, 0.15) is 41.9 Å². The van der Waals surface area contributed by atoms with Gasteiger partial charge in [0.2, 0.25) is 0 Å². The summed E-state index contributed by atoms with van der Waals surface area (Å²) in [5.41, 5.74) is 4.31. The third-order valence-electron chi connectivity index (χ3n) is 4.96. The summed E-state index contributed by atoms with van der Waals surface area (Å²) < 4.78 is 11.3. The summed E-state index contributed by atoms with van der Waals surface area (Å²) in [6.07, 6.45) is 2.83. The molecule has 0 spiro atoms. The van der Waals surface area contributed by atoms with E-state index in [0.717, 1.165) is 47.0 Å². The highest BCUT2D eigenvalue weighted by Gasteiger charge is 2.24. The minimum absolute atomic E-state index is 0.133. The Labute approximate surface area is 164 Å². The number of anilines is 1. The molecule has 0 saturated heterocycles. The first-order valence-electron chi connectivity index (χ1n) is 9.82.